The summed E-state index contributed by atoms with van der Waals surface area (Å²) in [6, 6.07) is 9.13. The van der Waals surface area contributed by atoms with Crippen molar-refractivity contribution in [1.29, 1.82) is 0 Å². The molecule has 132 valence electrons. The van der Waals surface area contributed by atoms with E-state index in [1.165, 1.54) is 19.2 Å². The van der Waals surface area contributed by atoms with E-state index in [0.717, 1.165) is 0 Å². The lowest BCUT2D eigenvalue weighted by Gasteiger charge is -2.31. The first-order chi connectivity index (χ1) is 12.1. The van der Waals surface area contributed by atoms with Gasteiger partial charge in [0.15, 0.2) is 5.76 Å². The first-order valence-corrected chi connectivity index (χ1v) is 8.06. The number of amides is 2. The van der Waals surface area contributed by atoms with Crippen LogP contribution >= 0.6 is 0 Å². The highest BCUT2D eigenvalue weighted by molar-refractivity contribution is 5.92. The summed E-state index contributed by atoms with van der Waals surface area (Å²) in [4.78, 5) is 25.4. The molecule has 0 aliphatic carbocycles. The normalized spacial score (nSPS) is 15.0. The summed E-state index contributed by atoms with van der Waals surface area (Å²) in [7, 11) is 1.35. The first-order valence-electron chi connectivity index (χ1n) is 8.06. The Morgan fingerprint density at radius 2 is 1.84 bits per heavy atom. The molecular weight excluding hydrogens is 327 g/mol. The number of hydrogen-bond acceptors (Lipinski definition) is 4. The van der Waals surface area contributed by atoms with Crippen LogP contribution in [0.1, 0.15) is 23.4 Å². The van der Waals surface area contributed by atoms with Gasteiger partial charge < -0.3 is 19.4 Å². The highest BCUT2D eigenvalue weighted by Crippen LogP contribution is 2.22. The number of ether oxygens (including phenoxy) is 1. The van der Waals surface area contributed by atoms with Gasteiger partial charge in [0.2, 0.25) is 0 Å². The van der Waals surface area contributed by atoms with Crippen LogP contribution in [0.3, 0.4) is 0 Å². The van der Waals surface area contributed by atoms with Crippen LogP contribution in [0, 0.1) is 5.82 Å². The Labute approximate surface area is 144 Å². The molecule has 0 saturated carbocycles. The molecule has 1 aromatic carbocycles. The number of nitrogens with zero attached hydrogens (tertiary/aromatic N) is 1. The number of benzene rings is 1. The molecule has 25 heavy (non-hydrogen) atoms. The topological polar surface area (TPSA) is 71.8 Å². The van der Waals surface area contributed by atoms with Crippen molar-refractivity contribution in [2.45, 2.75) is 18.9 Å². The van der Waals surface area contributed by atoms with Gasteiger partial charge in [0.25, 0.3) is 5.91 Å². The lowest BCUT2D eigenvalue weighted by Crippen LogP contribution is -2.46. The van der Waals surface area contributed by atoms with Crippen molar-refractivity contribution in [2.24, 2.45) is 0 Å². The van der Waals surface area contributed by atoms with Crippen molar-refractivity contribution in [3.8, 4) is 11.3 Å². The van der Waals surface area contributed by atoms with Gasteiger partial charge in [-0.2, -0.15) is 0 Å². The summed E-state index contributed by atoms with van der Waals surface area (Å²) in [5, 5.41) is 2.92. The second kappa shape index (κ2) is 7.38. The highest BCUT2D eigenvalue weighted by atomic mass is 19.1. The Kier molecular flexibility index (Phi) is 5.02. The van der Waals surface area contributed by atoms with Gasteiger partial charge in [-0.1, -0.05) is 0 Å². The number of halogens is 1. The molecule has 1 aliphatic rings. The van der Waals surface area contributed by atoms with E-state index >= 15 is 0 Å². The zero-order valence-electron chi connectivity index (χ0n) is 13.8. The van der Waals surface area contributed by atoms with Crippen molar-refractivity contribution < 1.29 is 23.1 Å². The summed E-state index contributed by atoms with van der Waals surface area (Å²) in [6.07, 6.45) is 0.971. The summed E-state index contributed by atoms with van der Waals surface area (Å²) in [5.74, 6) is 0.0804. The molecule has 3 rings (SSSR count). The van der Waals surface area contributed by atoms with Gasteiger partial charge in [-0.15, -0.1) is 0 Å². The van der Waals surface area contributed by atoms with E-state index in [9.17, 15) is 14.0 Å². The maximum Gasteiger partial charge on any atom is 0.409 e. The molecular formula is C18H19FN2O4. The van der Waals surface area contributed by atoms with Gasteiger partial charge >= 0.3 is 6.09 Å². The molecule has 1 aliphatic heterocycles. The van der Waals surface area contributed by atoms with Crippen molar-refractivity contribution in [2.75, 3.05) is 20.2 Å². The molecule has 2 heterocycles. The molecule has 2 amide bonds. The third kappa shape index (κ3) is 3.99. The largest absolute Gasteiger partial charge is 0.453 e. The van der Waals surface area contributed by atoms with Gasteiger partial charge in [0.05, 0.1) is 7.11 Å². The van der Waals surface area contributed by atoms with E-state index in [4.69, 9.17) is 4.42 Å². The van der Waals surface area contributed by atoms with Gasteiger partial charge in [-0.05, 0) is 49.2 Å². The number of likely N-dealkylation sites (tertiary alicyclic amines) is 1. The minimum absolute atomic E-state index is 0.0206. The molecule has 1 saturated heterocycles. The third-order valence-corrected chi connectivity index (χ3v) is 4.22. The molecule has 0 spiro atoms. The Bertz CT molecular complexity index is 749. The Hall–Kier alpha value is -2.83. The molecule has 1 N–H and O–H groups in total. The number of furan rings is 1. The number of carbonyl (C=O) groups is 2. The SMILES string of the molecule is COC(=O)N1CCC(NC(=O)c2ccc(-c3ccc(F)cc3)o2)CC1. The van der Waals surface area contributed by atoms with Crippen LogP contribution in [-0.4, -0.2) is 43.1 Å². The van der Waals surface area contributed by atoms with Crippen molar-refractivity contribution in [3.63, 3.8) is 0 Å². The number of nitrogens with one attached hydrogen (secondary N) is 1. The molecule has 6 nitrogen and oxygen atoms in total. The zero-order valence-corrected chi connectivity index (χ0v) is 13.8. The Morgan fingerprint density at radius 1 is 1.16 bits per heavy atom. The Morgan fingerprint density at radius 3 is 2.48 bits per heavy atom. The van der Waals surface area contributed by atoms with Crippen LogP contribution in [0.5, 0.6) is 0 Å². The zero-order chi connectivity index (χ0) is 17.8. The quantitative estimate of drug-likeness (QED) is 0.927. The second-order valence-corrected chi connectivity index (χ2v) is 5.88. The third-order valence-electron chi connectivity index (χ3n) is 4.22. The Balaban J connectivity index is 1.57. The van der Waals surface area contributed by atoms with Crippen LogP contribution in [-0.2, 0) is 4.74 Å². The molecule has 1 aromatic heterocycles. The van der Waals surface area contributed by atoms with E-state index in [1.54, 1.807) is 29.2 Å². The maximum atomic E-state index is 13.0. The number of carbonyl (C=O) groups excluding carboxylic acids is 2. The summed E-state index contributed by atoms with van der Waals surface area (Å²) < 4.78 is 23.2. The molecule has 0 atom stereocenters. The summed E-state index contributed by atoms with van der Waals surface area (Å²) in [6.45, 7) is 1.08. The molecule has 2 aromatic rings. The molecule has 0 unspecified atom stereocenters. The van der Waals surface area contributed by atoms with Crippen molar-refractivity contribution in [1.82, 2.24) is 10.2 Å². The van der Waals surface area contributed by atoms with Crippen LogP contribution < -0.4 is 5.32 Å². The van der Waals surface area contributed by atoms with E-state index in [2.05, 4.69) is 10.1 Å². The number of methoxy groups -OCH3 is 1. The fourth-order valence-electron chi connectivity index (χ4n) is 2.82. The van der Waals surface area contributed by atoms with Gasteiger partial charge in [0.1, 0.15) is 11.6 Å². The van der Waals surface area contributed by atoms with Crippen molar-refractivity contribution >= 4 is 12.0 Å². The van der Waals surface area contributed by atoms with Gasteiger partial charge in [0, 0.05) is 24.7 Å². The lowest BCUT2D eigenvalue weighted by molar-refractivity contribution is 0.0867. The van der Waals surface area contributed by atoms with Crippen LogP contribution in [0.4, 0.5) is 9.18 Å². The van der Waals surface area contributed by atoms with E-state index in [-0.39, 0.29) is 29.6 Å². The van der Waals surface area contributed by atoms with Gasteiger partial charge in [-0.25, -0.2) is 9.18 Å². The number of piperidine rings is 1. The van der Waals surface area contributed by atoms with E-state index in [0.29, 0.717) is 37.3 Å². The lowest BCUT2D eigenvalue weighted by atomic mass is 10.1. The number of rotatable bonds is 3. The van der Waals surface area contributed by atoms with E-state index in [1.807, 2.05) is 0 Å². The average molecular weight is 346 g/mol. The highest BCUT2D eigenvalue weighted by Gasteiger charge is 2.25. The van der Waals surface area contributed by atoms with E-state index < -0.39 is 0 Å². The van der Waals surface area contributed by atoms with Crippen LogP contribution in [0.2, 0.25) is 0 Å². The number of hydrogen-bond donors (Lipinski definition) is 1. The summed E-state index contributed by atoms with van der Waals surface area (Å²) in [5.41, 5.74) is 0.701. The minimum atomic E-state index is -0.347. The fraction of sp³-hybridized carbons (Fsp3) is 0.333. The fourth-order valence-corrected chi connectivity index (χ4v) is 2.82. The smallest absolute Gasteiger partial charge is 0.409 e. The van der Waals surface area contributed by atoms with Crippen molar-refractivity contribution in [3.05, 3.63) is 48.0 Å². The molecule has 1 fully saturated rings. The first kappa shape index (κ1) is 17.0. The molecule has 0 bridgehead atoms. The standard InChI is InChI=1S/C18H19FN2O4/c1-24-18(23)21-10-8-14(9-11-21)20-17(22)16-7-6-15(25-16)12-2-4-13(19)5-3-12/h2-7,14H,8-11H2,1H3,(H,20,22). The monoisotopic (exact) mass is 346 g/mol. The van der Waals surface area contributed by atoms with Crippen LogP contribution in [0.25, 0.3) is 11.3 Å². The molecule has 7 heteroatoms. The van der Waals surface area contributed by atoms with Crippen LogP contribution in [0.15, 0.2) is 40.8 Å². The average Bonchev–Trinajstić information content (AvgIpc) is 3.12. The van der Waals surface area contributed by atoms with Gasteiger partial charge in [-0.3, -0.25) is 4.79 Å². The minimum Gasteiger partial charge on any atom is -0.453 e. The maximum absolute atomic E-state index is 13.0. The predicted octanol–water partition coefficient (Wildman–Crippen LogP) is 3.05. The second-order valence-electron chi connectivity index (χ2n) is 5.88. The molecule has 0 radical (unpaired) electrons. The predicted molar refractivity (Wildman–Crippen MR) is 88.6 cm³/mol. The summed E-state index contributed by atoms with van der Waals surface area (Å²) >= 11 is 0.